The Morgan fingerprint density at radius 3 is 1.38 bits per heavy atom. The molecule has 8 unspecified atom stereocenters. The summed E-state index contributed by atoms with van der Waals surface area (Å²) in [6, 6.07) is 3.45. The molecule has 586 valence electrons. The number of halogens is 17. The monoisotopic (exact) mass is 1510 g/mol. The van der Waals surface area contributed by atoms with Crippen LogP contribution in [0.3, 0.4) is 0 Å². The van der Waals surface area contributed by atoms with Crippen LogP contribution in [0.25, 0.3) is 0 Å². The van der Waals surface area contributed by atoms with E-state index in [2.05, 4.69) is 10.3 Å². The van der Waals surface area contributed by atoms with Gasteiger partial charge in [-0.15, -0.1) is 0 Å². The lowest BCUT2D eigenvalue weighted by atomic mass is 9.87. The first kappa shape index (κ1) is 87.0. The number of aliphatic hydroxyl groups excluding tert-OH is 13. The highest BCUT2D eigenvalue weighted by molar-refractivity contribution is 5.83. The van der Waals surface area contributed by atoms with E-state index in [0.717, 1.165) is 24.3 Å². The number of guanidine groups is 1. The molecule has 101 heavy (non-hydrogen) atoms. The maximum atomic E-state index is 14.6. The smallest absolute Gasteiger partial charge is 0.460 e. The number of hydrogen-bond acceptors (Lipinski definition) is 25. The van der Waals surface area contributed by atoms with Crippen molar-refractivity contribution < 1.29 is 193 Å². The Labute approximate surface area is 561 Å². The summed E-state index contributed by atoms with van der Waals surface area (Å²) >= 11 is 0. The molecule has 21 atom stereocenters. The Morgan fingerprint density at radius 2 is 0.931 bits per heavy atom. The number of benzene rings is 1. The summed E-state index contributed by atoms with van der Waals surface area (Å²) in [6.07, 6.45) is -49.1. The van der Waals surface area contributed by atoms with Crippen molar-refractivity contribution in [2.24, 2.45) is 16.6 Å². The van der Waals surface area contributed by atoms with Crippen LogP contribution in [0.1, 0.15) is 56.1 Å². The minimum atomic E-state index is -8.75. The van der Waals surface area contributed by atoms with Crippen molar-refractivity contribution in [2.45, 2.75) is 228 Å². The first-order chi connectivity index (χ1) is 46.7. The fourth-order valence-corrected chi connectivity index (χ4v) is 10.5. The maximum absolute atomic E-state index is 14.6. The topological polar surface area (TPSA) is 434 Å². The van der Waals surface area contributed by atoms with E-state index >= 15 is 0 Å². The van der Waals surface area contributed by atoms with Crippen LogP contribution in [0.5, 0.6) is 0 Å². The summed E-state index contributed by atoms with van der Waals surface area (Å²) < 4.78 is 283. The number of rotatable bonds is 35. The predicted molar refractivity (Wildman–Crippen MR) is 297 cm³/mol. The van der Waals surface area contributed by atoms with Crippen molar-refractivity contribution >= 4 is 17.8 Å². The number of nitrogens with zero attached hydrogens (tertiary/aromatic N) is 2. The van der Waals surface area contributed by atoms with Gasteiger partial charge in [-0.05, 0) is 49.7 Å². The molecule has 28 nitrogen and oxygen atoms in total. The van der Waals surface area contributed by atoms with Crippen LogP contribution in [0, 0.1) is 5.92 Å². The Balaban J connectivity index is 1.09. The van der Waals surface area contributed by atoms with Gasteiger partial charge in [0.25, 0.3) is 0 Å². The van der Waals surface area contributed by atoms with Crippen LogP contribution in [-0.4, -0.2) is 320 Å². The van der Waals surface area contributed by atoms with E-state index in [1.807, 2.05) is 0 Å². The number of esters is 1. The van der Waals surface area contributed by atoms with Gasteiger partial charge >= 0.3 is 53.6 Å². The summed E-state index contributed by atoms with van der Waals surface area (Å²) in [5.41, 5.74) is 5.24. The highest BCUT2D eigenvalue weighted by Crippen LogP contribution is 2.64. The third kappa shape index (κ3) is 19.2. The van der Waals surface area contributed by atoms with Gasteiger partial charge in [0, 0.05) is 46.1 Å². The average molecular weight is 1520 g/mol. The van der Waals surface area contributed by atoms with Gasteiger partial charge < -0.3 is 125 Å². The van der Waals surface area contributed by atoms with E-state index in [4.69, 9.17) is 48.4 Å². The van der Waals surface area contributed by atoms with E-state index in [-0.39, 0.29) is 56.9 Å². The number of nitrogens with one attached hydrogen (secondary N) is 1. The fraction of sp³-hybridized carbons (Fsp3) is 0.839. The van der Waals surface area contributed by atoms with Gasteiger partial charge in [0.05, 0.1) is 32.8 Å². The summed E-state index contributed by atoms with van der Waals surface area (Å²) in [5, 5.41) is 140. The molecule has 0 saturated carbocycles. The van der Waals surface area contributed by atoms with E-state index in [1.54, 1.807) is 14.1 Å². The molecule has 0 radical (unpaired) electrons. The van der Waals surface area contributed by atoms with Crippen LogP contribution in [-0.2, 0) is 65.2 Å². The normalized spacial score (nSPS) is 31.9. The Morgan fingerprint density at radius 1 is 0.525 bits per heavy atom. The van der Waals surface area contributed by atoms with Crippen LogP contribution in [0.2, 0.25) is 0 Å². The summed E-state index contributed by atoms with van der Waals surface area (Å²) in [4.78, 5) is 32.0. The van der Waals surface area contributed by atoms with E-state index < -0.39 is 246 Å². The molecule has 1 aromatic carbocycles. The predicted octanol–water partition coefficient (Wildman–Crippen LogP) is -1.09. The van der Waals surface area contributed by atoms with Crippen LogP contribution < -0.4 is 11.1 Å². The SMILES string of the molecule is CN(C)C(N)=NCCC[C@H](CC(=O)OCc1ccc(CCC(F)(F)C(F)(F)C(F)(F)C(F)(F)C(F)(F)C(F)(F)C(F)(F)C(F)(F)F)cc1)C(=O)NCCCCCO[C@@H]1OC(CO)[C@@H](O[C@@H]2OC(CO)[C@@H](O[C@@H]3OC(CO)[C@@H](O[C@@H]4OC(CO)[C@@H](O)[C@H](O)C4O)[C@H](O)C3O)[C@H](O)C2O)[C@H](O)C1O. The molecule has 1 amide bonds. The second-order valence-electron chi connectivity index (χ2n) is 24.1. The second-order valence-corrected chi connectivity index (χ2v) is 24.1. The molecule has 5 rings (SSSR count). The number of hydrogen-bond donors (Lipinski definition) is 15. The first-order valence-corrected chi connectivity index (χ1v) is 30.6. The Hall–Kier alpha value is -4.60. The molecule has 4 saturated heterocycles. The van der Waals surface area contributed by atoms with Gasteiger partial charge in [-0.25, -0.2) is 0 Å². The lowest BCUT2D eigenvalue weighted by Crippen LogP contribution is -2.74. The zero-order chi connectivity index (χ0) is 76.5. The van der Waals surface area contributed by atoms with Crippen LogP contribution >= 0.6 is 0 Å². The van der Waals surface area contributed by atoms with E-state index in [1.165, 1.54) is 4.90 Å². The minimum Gasteiger partial charge on any atom is -0.461 e. The lowest BCUT2D eigenvalue weighted by molar-refractivity contribution is -0.461. The van der Waals surface area contributed by atoms with E-state index in [0.29, 0.717) is 6.42 Å². The largest absolute Gasteiger partial charge is 0.461 e. The lowest BCUT2D eigenvalue weighted by Gasteiger charge is -2.49. The number of ether oxygens (including phenoxy) is 9. The minimum absolute atomic E-state index is 0.00140. The molecule has 4 aliphatic heterocycles. The van der Waals surface area contributed by atoms with E-state index in [9.17, 15) is 151 Å². The van der Waals surface area contributed by atoms with Gasteiger partial charge in [-0.2, -0.15) is 74.6 Å². The molecule has 16 N–H and O–H groups in total. The van der Waals surface area contributed by atoms with Crippen molar-refractivity contribution in [2.75, 3.05) is 60.2 Å². The zero-order valence-electron chi connectivity index (χ0n) is 52.9. The molecule has 0 aromatic heterocycles. The summed E-state index contributed by atoms with van der Waals surface area (Å²) in [6.45, 7) is -4.60. The Bertz CT molecular complexity index is 2790. The quantitative estimate of drug-likeness (QED) is 0.0126. The molecular formula is C56H79F17N4O24. The molecule has 0 spiro atoms. The molecule has 4 fully saturated rings. The molecule has 1 aromatic rings. The second kappa shape index (κ2) is 35.2. The van der Waals surface area contributed by atoms with Crippen molar-refractivity contribution in [3.63, 3.8) is 0 Å². The summed E-state index contributed by atoms with van der Waals surface area (Å²) in [7, 11) is 3.17. The number of carbonyl (C=O) groups is 2. The third-order valence-corrected chi connectivity index (χ3v) is 16.8. The van der Waals surface area contributed by atoms with Crippen molar-refractivity contribution in [3.8, 4) is 0 Å². The number of carbonyl (C=O) groups excluding carboxylic acids is 2. The van der Waals surface area contributed by atoms with Crippen molar-refractivity contribution in [1.82, 2.24) is 10.2 Å². The number of aliphatic imine (C=N–C) groups is 1. The van der Waals surface area contributed by atoms with Gasteiger partial charge in [-0.3, -0.25) is 14.6 Å². The number of alkyl halides is 17. The van der Waals surface area contributed by atoms with Gasteiger partial charge in [0.15, 0.2) is 31.1 Å². The van der Waals surface area contributed by atoms with Crippen molar-refractivity contribution in [3.05, 3.63) is 35.4 Å². The highest BCUT2D eigenvalue weighted by Gasteiger charge is 2.95. The molecule has 0 aliphatic carbocycles. The number of aryl methyl sites for hydroxylation is 1. The molecule has 0 bridgehead atoms. The van der Waals surface area contributed by atoms with Gasteiger partial charge in [0.1, 0.15) is 104 Å². The maximum Gasteiger partial charge on any atom is 0.460 e. The highest BCUT2D eigenvalue weighted by atomic mass is 19.4. The van der Waals surface area contributed by atoms with Gasteiger partial charge in [-0.1, -0.05) is 24.3 Å². The molecule has 4 heterocycles. The summed E-state index contributed by atoms with van der Waals surface area (Å²) in [5.74, 6) is -59.9. The molecular weight excluding hydrogens is 1440 g/mol. The molecule has 4 aliphatic rings. The third-order valence-electron chi connectivity index (χ3n) is 16.8. The van der Waals surface area contributed by atoms with Gasteiger partial charge in [0.2, 0.25) is 5.91 Å². The fourth-order valence-electron chi connectivity index (χ4n) is 10.5. The van der Waals surface area contributed by atoms with Crippen LogP contribution in [0.15, 0.2) is 29.3 Å². The average Bonchev–Trinajstić information content (AvgIpc) is 0.695. The number of nitrogens with two attached hydrogens (primary N) is 1. The number of unbranched alkanes of at least 4 members (excludes halogenated alkanes) is 2. The zero-order valence-corrected chi connectivity index (χ0v) is 52.9. The number of amides is 1. The van der Waals surface area contributed by atoms with Crippen LogP contribution in [0.4, 0.5) is 74.6 Å². The standard InChI is InChI=1S/C56H79F17N4O24/c1-77(2)48(74)76-15-6-7-25(17-30(82)94-22-24-10-8-23(9-11-24)12-13-49(57,58)50(59,60)51(61,62)52(63,64)53(65,66)54(67,68)55(69,70)56(71,72)73)43(92)75-14-4-3-5-16-93-44-37(89)33(85)40(27(19-79)96-44)100-46-39(91)35(87)42(29(21-81)98-46)101-47-38(90)34(86)41(28(20-80)97-47)99-45-36(88)32(84)31(83)26(18-78)95-45/h8-11,25-29,31-42,44-47,78-81,83-91H,3-7,12-22H2,1-2H3,(H2,74,76)(H,75,92)/t25-,26?,27?,28?,29?,31-,32+,33-,34-,35-,36?,37?,38?,39?,40-,41-,42-,44-,45+,46+,47+/m1/s1. The number of aliphatic hydroxyl groups is 13. The Kier molecular flexibility index (Phi) is 30.3. The first-order valence-electron chi connectivity index (χ1n) is 30.6. The molecule has 45 heteroatoms. The van der Waals surface area contributed by atoms with Crippen molar-refractivity contribution in [1.29, 1.82) is 0 Å².